The Kier molecular flexibility index (Phi) is 4.84. The van der Waals surface area contributed by atoms with Gasteiger partial charge in [0.15, 0.2) is 5.78 Å². The van der Waals surface area contributed by atoms with E-state index in [1.54, 1.807) is 30.3 Å². The zero-order chi connectivity index (χ0) is 12.9. The third-order valence-electron chi connectivity index (χ3n) is 2.25. The molecule has 1 rings (SSSR count). The Morgan fingerprint density at radius 1 is 1.24 bits per heavy atom. The number of halogens is 1. The van der Waals surface area contributed by atoms with Gasteiger partial charge < -0.3 is 9.47 Å². The van der Waals surface area contributed by atoms with Gasteiger partial charge in [-0.25, -0.2) is 4.79 Å². The topological polar surface area (TPSA) is 52.6 Å². The molecule has 0 aliphatic heterocycles. The number of Topliss-reactive ketones (excluding diaryl/α,β-unsaturated/α-hetero) is 1. The van der Waals surface area contributed by atoms with E-state index in [0.29, 0.717) is 5.56 Å². The van der Waals surface area contributed by atoms with Gasteiger partial charge in [-0.3, -0.25) is 4.79 Å². The van der Waals surface area contributed by atoms with Crippen molar-refractivity contribution in [3.8, 4) is 0 Å². The highest BCUT2D eigenvalue weighted by Gasteiger charge is 2.45. The lowest BCUT2D eigenvalue weighted by atomic mass is 9.98. The first kappa shape index (κ1) is 13.9. The van der Waals surface area contributed by atoms with E-state index in [0.717, 1.165) is 0 Å². The lowest BCUT2D eigenvalue weighted by Gasteiger charge is -2.22. The fourth-order valence-corrected chi connectivity index (χ4v) is 2.02. The average molecular weight is 301 g/mol. The lowest BCUT2D eigenvalue weighted by molar-refractivity contribution is -0.143. The molecule has 1 atom stereocenters. The molecule has 1 aromatic carbocycles. The molecule has 0 amide bonds. The van der Waals surface area contributed by atoms with Crippen LogP contribution in [0, 0.1) is 0 Å². The summed E-state index contributed by atoms with van der Waals surface area (Å²) in [4.78, 5) is 23.9. The fraction of sp³-hybridized carbons (Fsp3) is 0.333. The molecule has 0 spiro atoms. The number of hydrogen-bond donors (Lipinski definition) is 0. The SMILES string of the molecule is COCC(Br)(C(=O)OC)C(=O)c1ccccc1. The summed E-state index contributed by atoms with van der Waals surface area (Å²) in [5.41, 5.74) is 0.423. The van der Waals surface area contributed by atoms with E-state index in [1.807, 2.05) is 0 Å². The van der Waals surface area contributed by atoms with Crippen LogP contribution < -0.4 is 0 Å². The predicted molar refractivity (Wildman–Crippen MR) is 66.3 cm³/mol. The highest BCUT2D eigenvalue weighted by molar-refractivity contribution is 9.10. The second-order valence-electron chi connectivity index (χ2n) is 3.42. The number of hydrogen-bond acceptors (Lipinski definition) is 4. The molecule has 0 radical (unpaired) electrons. The van der Waals surface area contributed by atoms with Gasteiger partial charge in [-0.2, -0.15) is 0 Å². The minimum absolute atomic E-state index is 0.0899. The molecule has 0 aromatic heterocycles. The van der Waals surface area contributed by atoms with E-state index in [2.05, 4.69) is 20.7 Å². The number of esters is 1. The second-order valence-corrected chi connectivity index (χ2v) is 4.77. The van der Waals surface area contributed by atoms with Crippen LogP contribution in [0.5, 0.6) is 0 Å². The first-order valence-electron chi connectivity index (χ1n) is 4.92. The molecule has 4 nitrogen and oxygen atoms in total. The monoisotopic (exact) mass is 300 g/mol. The van der Waals surface area contributed by atoms with Crippen molar-refractivity contribution in [2.45, 2.75) is 4.32 Å². The molecule has 17 heavy (non-hydrogen) atoms. The molecular formula is C12H13BrO4. The maximum atomic E-state index is 12.2. The van der Waals surface area contributed by atoms with Crippen molar-refractivity contribution in [3.05, 3.63) is 35.9 Å². The summed E-state index contributed by atoms with van der Waals surface area (Å²) in [6.07, 6.45) is 0. The number of alkyl halides is 1. The van der Waals surface area contributed by atoms with Crippen LogP contribution in [0.1, 0.15) is 10.4 Å². The maximum absolute atomic E-state index is 12.2. The summed E-state index contributed by atoms with van der Waals surface area (Å²) in [5.74, 6) is -1.06. The first-order valence-corrected chi connectivity index (χ1v) is 5.71. The van der Waals surface area contributed by atoms with Gasteiger partial charge in [0.05, 0.1) is 13.7 Å². The second kappa shape index (κ2) is 5.93. The third kappa shape index (κ3) is 2.92. The van der Waals surface area contributed by atoms with Crippen molar-refractivity contribution in [2.24, 2.45) is 0 Å². The van der Waals surface area contributed by atoms with E-state index in [4.69, 9.17) is 4.74 Å². The average Bonchev–Trinajstić information content (AvgIpc) is 2.38. The number of ether oxygens (including phenoxy) is 2. The van der Waals surface area contributed by atoms with Gasteiger partial charge >= 0.3 is 5.97 Å². The summed E-state index contributed by atoms with van der Waals surface area (Å²) in [7, 11) is 2.64. The molecule has 0 bridgehead atoms. The van der Waals surface area contributed by atoms with Gasteiger partial charge in [0.25, 0.3) is 0 Å². The molecule has 1 unspecified atom stereocenters. The molecule has 0 saturated carbocycles. The molecule has 92 valence electrons. The number of methoxy groups -OCH3 is 2. The van der Waals surface area contributed by atoms with Crippen LogP contribution in [0.4, 0.5) is 0 Å². The number of benzene rings is 1. The molecule has 0 heterocycles. The Bertz CT molecular complexity index is 404. The lowest BCUT2D eigenvalue weighted by Crippen LogP contribution is -2.45. The van der Waals surface area contributed by atoms with E-state index in [9.17, 15) is 9.59 Å². The maximum Gasteiger partial charge on any atom is 0.333 e. The Balaban J connectivity index is 3.08. The van der Waals surface area contributed by atoms with E-state index < -0.39 is 10.3 Å². The standard InChI is InChI=1S/C12H13BrO4/c1-16-8-12(13,11(15)17-2)10(14)9-6-4-3-5-7-9/h3-7H,8H2,1-2H3. The van der Waals surface area contributed by atoms with Gasteiger partial charge in [0, 0.05) is 12.7 Å². The van der Waals surface area contributed by atoms with E-state index in [1.165, 1.54) is 14.2 Å². The van der Waals surface area contributed by atoms with Gasteiger partial charge in [0.2, 0.25) is 4.32 Å². The quantitative estimate of drug-likeness (QED) is 0.360. The molecule has 5 heteroatoms. The van der Waals surface area contributed by atoms with E-state index in [-0.39, 0.29) is 12.4 Å². The van der Waals surface area contributed by atoms with Crippen molar-refractivity contribution < 1.29 is 19.1 Å². The minimum Gasteiger partial charge on any atom is -0.468 e. The Hall–Kier alpha value is -1.20. The van der Waals surface area contributed by atoms with Crippen LogP contribution >= 0.6 is 15.9 Å². The first-order chi connectivity index (χ1) is 8.06. The zero-order valence-electron chi connectivity index (χ0n) is 9.60. The summed E-state index contributed by atoms with van der Waals surface area (Å²) in [5, 5.41) is 0. The molecule has 0 aliphatic carbocycles. The van der Waals surface area contributed by atoms with Crippen LogP contribution in [0.3, 0.4) is 0 Å². The molecule has 0 aliphatic rings. The zero-order valence-corrected chi connectivity index (χ0v) is 11.2. The van der Waals surface area contributed by atoms with E-state index >= 15 is 0 Å². The van der Waals surface area contributed by atoms with Crippen molar-refractivity contribution in [1.82, 2.24) is 0 Å². The summed E-state index contributed by atoms with van der Waals surface area (Å²) >= 11 is 3.12. The van der Waals surface area contributed by atoms with Crippen LogP contribution in [0.15, 0.2) is 30.3 Å². The summed E-state index contributed by atoms with van der Waals surface area (Å²) < 4.78 is 8.04. The highest BCUT2D eigenvalue weighted by Crippen LogP contribution is 2.25. The fourth-order valence-electron chi connectivity index (χ4n) is 1.40. The number of rotatable bonds is 5. The van der Waals surface area contributed by atoms with Crippen LogP contribution in [-0.4, -0.2) is 36.9 Å². The normalized spacial score (nSPS) is 13.8. The van der Waals surface area contributed by atoms with Crippen molar-refractivity contribution in [3.63, 3.8) is 0 Å². The van der Waals surface area contributed by atoms with Crippen LogP contribution in [0.2, 0.25) is 0 Å². The molecule has 1 aromatic rings. The van der Waals surface area contributed by atoms with Crippen molar-refractivity contribution in [2.75, 3.05) is 20.8 Å². The molecule has 0 N–H and O–H groups in total. The minimum atomic E-state index is -1.49. The van der Waals surface area contributed by atoms with Gasteiger partial charge in [-0.1, -0.05) is 46.3 Å². The van der Waals surface area contributed by atoms with Crippen LogP contribution in [0.25, 0.3) is 0 Å². The molecule has 0 saturated heterocycles. The summed E-state index contributed by atoms with van der Waals surface area (Å²) in [6.45, 7) is -0.0899. The Labute approximate surface area is 108 Å². The number of carbonyl (C=O) groups is 2. The molecule has 0 fully saturated rings. The van der Waals surface area contributed by atoms with Gasteiger partial charge in [0.1, 0.15) is 0 Å². The van der Waals surface area contributed by atoms with Crippen molar-refractivity contribution >= 4 is 27.7 Å². The Morgan fingerprint density at radius 3 is 2.29 bits per heavy atom. The largest absolute Gasteiger partial charge is 0.468 e. The Morgan fingerprint density at radius 2 is 1.82 bits per heavy atom. The number of ketones is 1. The van der Waals surface area contributed by atoms with Crippen LogP contribution in [-0.2, 0) is 14.3 Å². The number of carbonyl (C=O) groups excluding carboxylic acids is 2. The van der Waals surface area contributed by atoms with Gasteiger partial charge in [-0.15, -0.1) is 0 Å². The molecular weight excluding hydrogens is 288 g/mol. The highest BCUT2D eigenvalue weighted by atomic mass is 79.9. The third-order valence-corrected chi connectivity index (χ3v) is 3.16. The summed E-state index contributed by atoms with van der Waals surface area (Å²) in [6, 6.07) is 8.52. The van der Waals surface area contributed by atoms with Crippen molar-refractivity contribution in [1.29, 1.82) is 0 Å². The predicted octanol–water partition coefficient (Wildman–Crippen LogP) is 1.82. The smallest absolute Gasteiger partial charge is 0.333 e. The van der Waals surface area contributed by atoms with Gasteiger partial charge in [-0.05, 0) is 0 Å².